The molecule has 0 radical (unpaired) electrons. The van der Waals surface area contributed by atoms with Gasteiger partial charge in [0.2, 0.25) is 5.95 Å². The van der Waals surface area contributed by atoms with Gasteiger partial charge in [-0.3, -0.25) is 0 Å². The van der Waals surface area contributed by atoms with E-state index in [9.17, 15) is 0 Å². The zero-order chi connectivity index (χ0) is 17.9. The molecule has 1 unspecified atom stereocenters. The predicted octanol–water partition coefficient (Wildman–Crippen LogP) is 3.14. The Morgan fingerprint density at radius 3 is 2.64 bits per heavy atom. The molecule has 2 fully saturated rings. The number of nitrogens with two attached hydrogens (primary N) is 1. The van der Waals surface area contributed by atoms with E-state index in [0.29, 0.717) is 24.1 Å². The molecule has 8 nitrogen and oxygen atoms in total. The number of aromatic nitrogens is 4. The Morgan fingerprint density at radius 1 is 1.18 bits per heavy atom. The number of hydrogen-bond donors (Lipinski definition) is 3. The van der Waals surface area contributed by atoms with Crippen molar-refractivity contribution >= 4 is 47.7 Å². The normalized spacial score (nSPS) is 24.4. The van der Waals surface area contributed by atoms with Crippen LogP contribution in [0.5, 0.6) is 0 Å². The molecule has 2 aromatic heterocycles. The lowest BCUT2D eigenvalue weighted by Crippen LogP contribution is -2.33. The number of nitrogens with zero attached hydrogens (tertiary/aromatic N) is 4. The lowest BCUT2D eigenvalue weighted by Gasteiger charge is -2.27. The highest BCUT2D eigenvalue weighted by molar-refractivity contribution is 5.86. The predicted molar refractivity (Wildman–Crippen MR) is 117 cm³/mol. The van der Waals surface area contributed by atoms with Gasteiger partial charge in [0.15, 0.2) is 17.0 Å². The fraction of sp³-hybridized carbons (Fsp3) is 0.722. The summed E-state index contributed by atoms with van der Waals surface area (Å²) < 4.78 is 7.69. The second kappa shape index (κ2) is 10.4. The van der Waals surface area contributed by atoms with Crippen molar-refractivity contribution < 1.29 is 4.74 Å². The summed E-state index contributed by atoms with van der Waals surface area (Å²) in [6.45, 7) is 4.52. The van der Waals surface area contributed by atoms with Crippen molar-refractivity contribution in [1.29, 1.82) is 0 Å². The van der Waals surface area contributed by atoms with Gasteiger partial charge in [0, 0.05) is 25.2 Å². The first-order chi connectivity index (χ1) is 12.7. The number of rotatable bonds is 6. The van der Waals surface area contributed by atoms with E-state index in [1.165, 1.54) is 0 Å². The van der Waals surface area contributed by atoms with Crippen molar-refractivity contribution in [3.63, 3.8) is 0 Å². The molecule has 158 valence electrons. The van der Waals surface area contributed by atoms with Crippen LogP contribution in [0.2, 0.25) is 0 Å². The molecule has 0 spiro atoms. The van der Waals surface area contributed by atoms with Crippen LogP contribution in [0.3, 0.4) is 0 Å². The lowest BCUT2D eigenvalue weighted by atomic mass is 9.92. The highest BCUT2D eigenvalue weighted by atomic mass is 35.5. The van der Waals surface area contributed by atoms with Crippen LogP contribution in [-0.2, 0) is 4.74 Å². The molecule has 0 amide bonds. The van der Waals surface area contributed by atoms with Crippen LogP contribution in [0.4, 0.5) is 11.8 Å². The molecule has 2 aromatic rings. The summed E-state index contributed by atoms with van der Waals surface area (Å²) in [5, 5.41) is 6.94. The maximum atomic E-state index is 6.03. The third kappa shape index (κ3) is 4.97. The maximum Gasteiger partial charge on any atom is 0.227 e. The first-order valence-electron chi connectivity index (χ1n) is 9.83. The highest BCUT2D eigenvalue weighted by Crippen LogP contribution is 2.28. The van der Waals surface area contributed by atoms with Gasteiger partial charge >= 0.3 is 0 Å². The molecular formula is C18H31Cl2N7O. The van der Waals surface area contributed by atoms with E-state index in [-0.39, 0.29) is 24.8 Å². The Hall–Kier alpha value is -1.35. The average Bonchev–Trinajstić information content (AvgIpc) is 3.31. The SMILES string of the molecule is CCCNc1nc(NC2CCC(N)CC2)nc2c1ncn2C1CCOC1.Cl.Cl. The summed E-state index contributed by atoms with van der Waals surface area (Å²) >= 11 is 0. The molecule has 0 aromatic carbocycles. The minimum absolute atomic E-state index is 0. The standard InChI is InChI=1S/C18H29N7O.2ClH/c1-2-8-20-16-15-17(25(11-21-15)14-7-9-26-10-14)24-18(23-16)22-13-5-3-12(19)4-6-13;;/h11-14H,2-10,19H2,1H3,(H2,20,22,23,24);2*1H. The van der Waals surface area contributed by atoms with Crippen LogP contribution < -0.4 is 16.4 Å². The Morgan fingerprint density at radius 2 is 1.96 bits per heavy atom. The molecular weight excluding hydrogens is 401 g/mol. The Kier molecular flexibility index (Phi) is 8.55. The quantitative estimate of drug-likeness (QED) is 0.645. The third-order valence-corrected chi connectivity index (χ3v) is 5.37. The van der Waals surface area contributed by atoms with Gasteiger partial charge in [0.1, 0.15) is 0 Å². The topological polar surface area (TPSA) is 103 Å². The van der Waals surface area contributed by atoms with Crippen molar-refractivity contribution in [3.8, 4) is 0 Å². The minimum atomic E-state index is 0. The van der Waals surface area contributed by atoms with Gasteiger partial charge in [-0.05, 0) is 38.5 Å². The van der Waals surface area contributed by atoms with Crippen LogP contribution in [-0.4, -0.2) is 51.4 Å². The van der Waals surface area contributed by atoms with E-state index in [0.717, 1.165) is 75.3 Å². The van der Waals surface area contributed by atoms with Crippen LogP contribution in [0.25, 0.3) is 11.2 Å². The molecule has 1 aliphatic carbocycles. The summed E-state index contributed by atoms with van der Waals surface area (Å²) in [6, 6.07) is 1.02. The number of fused-ring (bicyclic) bond motifs is 1. The monoisotopic (exact) mass is 431 g/mol. The van der Waals surface area contributed by atoms with E-state index in [2.05, 4.69) is 27.1 Å². The number of imidazole rings is 1. The molecule has 1 atom stereocenters. The van der Waals surface area contributed by atoms with E-state index >= 15 is 0 Å². The summed E-state index contributed by atoms with van der Waals surface area (Å²) in [5.41, 5.74) is 7.74. The number of halogens is 2. The Labute approximate surface area is 178 Å². The molecule has 1 saturated carbocycles. The molecule has 0 bridgehead atoms. The van der Waals surface area contributed by atoms with Crippen molar-refractivity contribution in [1.82, 2.24) is 19.5 Å². The molecule has 10 heteroatoms. The van der Waals surface area contributed by atoms with Crippen LogP contribution in [0, 0.1) is 0 Å². The maximum absolute atomic E-state index is 6.03. The zero-order valence-electron chi connectivity index (χ0n) is 16.3. The van der Waals surface area contributed by atoms with E-state index in [4.69, 9.17) is 20.4 Å². The lowest BCUT2D eigenvalue weighted by molar-refractivity contribution is 0.187. The van der Waals surface area contributed by atoms with Crippen LogP contribution >= 0.6 is 24.8 Å². The first-order valence-corrected chi connectivity index (χ1v) is 9.83. The van der Waals surface area contributed by atoms with Crippen LogP contribution in [0.1, 0.15) is 51.5 Å². The molecule has 1 saturated heterocycles. The van der Waals surface area contributed by atoms with Crippen molar-refractivity contribution in [2.24, 2.45) is 5.73 Å². The molecule has 2 aliphatic rings. The highest BCUT2D eigenvalue weighted by Gasteiger charge is 2.24. The molecule has 28 heavy (non-hydrogen) atoms. The average molecular weight is 432 g/mol. The van der Waals surface area contributed by atoms with E-state index in [1.807, 2.05) is 6.33 Å². The summed E-state index contributed by atoms with van der Waals surface area (Å²) in [6.07, 6.45) is 8.14. The van der Waals surface area contributed by atoms with Gasteiger partial charge in [0.25, 0.3) is 0 Å². The second-order valence-electron chi connectivity index (χ2n) is 7.42. The van der Waals surface area contributed by atoms with Gasteiger partial charge in [-0.2, -0.15) is 9.97 Å². The molecule has 1 aliphatic heterocycles. The second-order valence-corrected chi connectivity index (χ2v) is 7.42. The van der Waals surface area contributed by atoms with Crippen LogP contribution in [0.15, 0.2) is 6.33 Å². The fourth-order valence-electron chi connectivity index (χ4n) is 3.80. The Balaban J connectivity index is 0.00000140. The summed E-state index contributed by atoms with van der Waals surface area (Å²) in [4.78, 5) is 14.1. The molecule has 4 N–H and O–H groups in total. The van der Waals surface area contributed by atoms with Crippen molar-refractivity contribution in [3.05, 3.63) is 6.33 Å². The smallest absolute Gasteiger partial charge is 0.227 e. The van der Waals surface area contributed by atoms with Gasteiger partial charge in [-0.15, -0.1) is 24.8 Å². The van der Waals surface area contributed by atoms with E-state index < -0.39 is 0 Å². The first kappa shape index (κ1) is 22.9. The van der Waals surface area contributed by atoms with E-state index in [1.54, 1.807) is 0 Å². The van der Waals surface area contributed by atoms with Gasteiger partial charge < -0.3 is 25.7 Å². The fourth-order valence-corrected chi connectivity index (χ4v) is 3.80. The molecule has 3 heterocycles. The van der Waals surface area contributed by atoms with Gasteiger partial charge in [0.05, 0.1) is 19.0 Å². The summed E-state index contributed by atoms with van der Waals surface area (Å²) in [5.74, 6) is 1.49. The molecule has 4 rings (SSSR count). The van der Waals surface area contributed by atoms with Crippen molar-refractivity contribution in [2.45, 2.75) is 63.6 Å². The Bertz CT molecular complexity index is 743. The summed E-state index contributed by atoms with van der Waals surface area (Å²) in [7, 11) is 0. The number of nitrogens with one attached hydrogen (secondary N) is 2. The number of anilines is 2. The zero-order valence-corrected chi connectivity index (χ0v) is 17.9. The number of ether oxygens (including phenoxy) is 1. The largest absolute Gasteiger partial charge is 0.379 e. The minimum Gasteiger partial charge on any atom is -0.379 e. The van der Waals surface area contributed by atoms with Gasteiger partial charge in [-0.1, -0.05) is 6.92 Å². The van der Waals surface area contributed by atoms with Gasteiger partial charge in [-0.25, -0.2) is 4.98 Å². The number of hydrogen-bond acceptors (Lipinski definition) is 7. The third-order valence-electron chi connectivity index (χ3n) is 5.37. The van der Waals surface area contributed by atoms with Crippen molar-refractivity contribution in [2.75, 3.05) is 30.4 Å².